The number of thioether (sulfide) groups is 1. The molecule has 200 valence electrons. The number of carbonyl (C=O) groups is 1. The van der Waals surface area contributed by atoms with Crippen LogP contribution in [0.4, 0.5) is 5.82 Å². The van der Waals surface area contributed by atoms with Crippen LogP contribution in [0.15, 0.2) is 40.0 Å². The van der Waals surface area contributed by atoms with Crippen molar-refractivity contribution >= 4 is 46.1 Å². The molecule has 38 heavy (non-hydrogen) atoms. The monoisotopic (exact) mass is 549 g/mol. The highest BCUT2D eigenvalue weighted by atomic mass is 32.2. The number of anilines is 1. The predicted octanol–water partition coefficient (Wildman–Crippen LogP) is 4.62. The summed E-state index contributed by atoms with van der Waals surface area (Å²) in [6, 6.07) is 12.6. The molecule has 2 aromatic rings. The maximum Gasteiger partial charge on any atom is 0.270 e. The lowest BCUT2D eigenvalue weighted by atomic mass is 10.0. The maximum absolute atomic E-state index is 13.4. The van der Waals surface area contributed by atoms with E-state index < -0.39 is 0 Å². The highest BCUT2D eigenvalue weighted by Crippen LogP contribution is 2.36. The number of nitrogens with zero attached hydrogens (tertiary/aromatic N) is 5. The predicted molar refractivity (Wildman–Crippen MR) is 159 cm³/mol. The Kier molecular flexibility index (Phi) is 9.08. The summed E-state index contributed by atoms with van der Waals surface area (Å²) in [4.78, 5) is 33.6. The van der Waals surface area contributed by atoms with Crippen molar-refractivity contribution in [2.45, 2.75) is 47.2 Å². The molecule has 1 aromatic carbocycles. The number of pyridine rings is 1. The van der Waals surface area contributed by atoms with Crippen LogP contribution in [0.25, 0.3) is 6.08 Å². The Morgan fingerprint density at radius 3 is 2.42 bits per heavy atom. The Hall–Kier alpha value is -2.93. The highest BCUT2D eigenvalue weighted by Gasteiger charge is 2.34. The van der Waals surface area contributed by atoms with Crippen LogP contribution in [0.1, 0.15) is 49.4 Å². The number of hydrogen-bond acceptors (Lipinski definition) is 7. The lowest BCUT2D eigenvalue weighted by Gasteiger charge is -2.38. The van der Waals surface area contributed by atoms with Gasteiger partial charge in [0.05, 0.1) is 4.91 Å². The van der Waals surface area contributed by atoms with Crippen molar-refractivity contribution in [3.63, 3.8) is 0 Å². The number of thiocarbonyl (C=S) groups is 1. The summed E-state index contributed by atoms with van der Waals surface area (Å²) >= 11 is 6.82. The average Bonchev–Trinajstić information content (AvgIpc) is 3.15. The third kappa shape index (κ3) is 5.88. The van der Waals surface area contributed by atoms with Crippen LogP contribution in [-0.4, -0.2) is 57.3 Å². The number of carbonyl (C=O) groups excluding carboxylic acids is 1. The minimum atomic E-state index is -0.266. The fourth-order valence-corrected chi connectivity index (χ4v) is 6.29. The third-order valence-electron chi connectivity index (χ3n) is 6.91. The summed E-state index contributed by atoms with van der Waals surface area (Å²) in [5.74, 6) is 0.971. The van der Waals surface area contributed by atoms with Gasteiger partial charge in [-0.2, -0.15) is 5.26 Å². The molecule has 2 aliphatic rings. The molecule has 0 radical (unpaired) electrons. The quantitative estimate of drug-likeness (QED) is 0.352. The third-order valence-corrected chi connectivity index (χ3v) is 8.29. The molecule has 0 N–H and O–H groups in total. The van der Waals surface area contributed by atoms with Gasteiger partial charge in [0.25, 0.3) is 11.5 Å². The minimum Gasteiger partial charge on any atom is -0.355 e. The van der Waals surface area contributed by atoms with Gasteiger partial charge in [-0.15, -0.1) is 0 Å². The molecule has 9 heteroatoms. The normalized spacial score (nSPS) is 17.6. The zero-order valence-electron chi connectivity index (χ0n) is 22.6. The van der Waals surface area contributed by atoms with Crippen LogP contribution in [0, 0.1) is 24.2 Å². The largest absolute Gasteiger partial charge is 0.355 e. The first-order valence-electron chi connectivity index (χ1n) is 13.2. The van der Waals surface area contributed by atoms with Gasteiger partial charge < -0.3 is 4.90 Å². The van der Waals surface area contributed by atoms with Crippen LogP contribution in [0.2, 0.25) is 0 Å². The first kappa shape index (κ1) is 28.1. The van der Waals surface area contributed by atoms with Gasteiger partial charge in [-0.1, -0.05) is 75.1 Å². The number of amides is 1. The molecule has 0 spiro atoms. The van der Waals surface area contributed by atoms with Gasteiger partial charge >= 0.3 is 0 Å². The van der Waals surface area contributed by atoms with E-state index in [2.05, 4.69) is 54.0 Å². The van der Waals surface area contributed by atoms with Crippen LogP contribution >= 0.6 is 24.0 Å². The standard InChI is InChI=1S/C29H35N5O2S2/c1-5-11-33-26(32-14-12-31(13-15-32)19-22-9-7-6-8-10-22)23(21(4)24(17-30)27(33)35)16-25-28(36)34(18-20(2)3)29(37)38-25/h6-10,16,20H,5,11-15,18-19H2,1-4H3/b25-16+. The number of hydrogen-bond donors (Lipinski definition) is 0. The summed E-state index contributed by atoms with van der Waals surface area (Å²) < 4.78 is 2.28. The second kappa shape index (κ2) is 12.3. The Morgan fingerprint density at radius 1 is 1.13 bits per heavy atom. The number of nitriles is 1. The molecule has 0 atom stereocenters. The lowest BCUT2D eigenvalue weighted by molar-refractivity contribution is -0.122. The van der Waals surface area contributed by atoms with Gasteiger partial charge in [0.2, 0.25) is 0 Å². The van der Waals surface area contributed by atoms with E-state index in [1.165, 1.54) is 17.3 Å². The van der Waals surface area contributed by atoms with E-state index in [1.807, 2.05) is 26.0 Å². The van der Waals surface area contributed by atoms with Crippen molar-refractivity contribution in [3.8, 4) is 6.07 Å². The first-order chi connectivity index (χ1) is 18.2. The summed E-state index contributed by atoms with van der Waals surface area (Å²) in [6.07, 6.45) is 2.61. The second-order valence-corrected chi connectivity index (χ2v) is 11.9. The number of aromatic nitrogens is 1. The van der Waals surface area contributed by atoms with E-state index in [4.69, 9.17) is 12.2 Å². The van der Waals surface area contributed by atoms with Gasteiger partial charge in [0.15, 0.2) is 0 Å². The van der Waals surface area contributed by atoms with Crippen molar-refractivity contribution in [1.82, 2.24) is 14.4 Å². The molecule has 2 saturated heterocycles. The number of rotatable bonds is 8. The average molecular weight is 550 g/mol. The second-order valence-electron chi connectivity index (χ2n) is 10.2. The van der Waals surface area contributed by atoms with E-state index >= 15 is 0 Å². The lowest BCUT2D eigenvalue weighted by Crippen LogP contribution is -2.48. The summed E-state index contributed by atoms with van der Waals surface area (Å²) in [7, 11) is 0. The van der Waals surface area contributed by atoms with Crippen LogP contribution in [0.3, 0.4) is 0 Å². The molecule has 3 heterocycles. The molecular formula is C29H35N5O2S2. The first-order valence-corrected chi connectivity index (χ1v) is 14.4. The van der Waals surface area contributed by atoms with Crippen LogP contribution in [-0.2, 0) is 17.9 Å². The molecule has 0 saturated carbocycles. The van der Waals surface area contributed by atoms with Crippen LogP contribution < -0.4 is 10.5 Å². The van der Waals surface area contributed by atoms with Gasteiger partial charge in [0, 0.05) is 51.4 Å². The Morgan fingerprint density at radius 2 is 1.82 bits per heavy atom. The molecule has 1 amide bonds. The zero-order chi connectivity index (χ0) is 27.4. The molecule has 2 fully saturated rings. The maximum atomic E-state index is 13.4. The Labute approximate surface area is 234 Å². The molecule has 0 bridgehead atoms. The van der Waals surface area contributed by atoms with Gasteiger partial charge in [-0.3, -0.25) is 24.0 Å². The molecule has 0 aliphatic carbocycles. The van der Waals surface area contributed by atoms with Crippen molar-refractivity contribution in [2.75, 3.05) is 37.6 Å². The molecule has 7 nitrogen and oxygen atoms in total. The zero-order valence-corrected chi connectivity index (χ0v) is 24.2. The van der Waals surface area contributed by atoms with E-state index in [1.54, 1.807) is 9.47 Å². The van der Waals surface area contributed by atoms with Gasteiger partial charge in [0.1, 0.15) is 21.8 Å². The molecular weight excluding hydrogens is 514 g/mol. The van der Waals surface area contributed by atoms with Crippen molar-refractivity contribution in [1.29, 1.82) is 5.26 Å². The van der Waals surface area contributed by atoms with E-state index in [0.717, 1.165) is 50.5 Å². The summed E-state index contributed by atoms with van der Waals surface area (Å²) in [5.41, 5.74) is 2.52. The molecule has 0 unspecified atom stereocenters. The number of benzene rings is 1. The Bertz CT molecular complexity index is 1340. The SMILES string of the molecule is CCCn1c(N2CCN(Cc3ccccc3)CC2)c(/C=C2/SC(=S)N(CC(C)C)C2=O)c(C)c(C#N)c1=O. The molecule has 4 rings (SSSR count). The van der Waals surface area contributed by atoms with Gasteiger partial charge in [-0.25, -0.2) is 0 Å². The number of piperazine rings is 1. The molecule has 1 aromatic heterocycles. The fourth-order valence-electron chi connectivity index (χ4n) is 5.03. The van der Waals surface area contributed by atoms with Crippen molar-refractivity contribution in [3.05, 3.63) is 67.8 Å². The van der Waals surface area contributed by atoms with Crippen LogP contribution in [0.5, 0.6) is 0 Å². The minimum absolute atomic E-state index is 0.113. The Balaban J connectivity index is 1.73. The topological polar surface area (TPSA) is 72.6 Å². The van der Waals surface area contributed by atoms with E-state index in [9.17, 15) is 14.9 Å². The van der Waals surface area contributed by atoms with Gasteiger partial charge in [-0.05, 0) is 36.5 Å². The van der Waals surface area contributed by atoms with E-state index in [0.29, 0.717) is 27.9 Å². The summed E-state index contributed by atoms with van der Waals surface area (Å²) in [6.45, 7) is 13.1. The van der Waals surface area contributed by atoms with Crippen molar-refractivity contribution in [2.24, 2.45) is 5.92 Å². The van der Waals surface area contributed by atoms with E-state index in [-0.39, 0.29) is 22.9 Å². The smallest absolute Gasteiger partial charge is 0.270 e. The fraction of sp³-hybridized carbons (Fsp3) is 0.448. The highest BCUT2D eigenvalue weighted by molar-refractivity contribution is 8.26. The molecule has 2 aliphatic heterocycles. The van der Waals surface area contributed by atoms with Crippen molar-refractivity contribution < 1.29 is 4.79 Å². The summed E-state index contributed by atoms with van der Waals surface area (Å²) in [5, 5.41) is 9.88.